The van der Waals surface area contributed by atoms with Crippen molar-refractivity contribution in [2.45, 2.75) is 37.8 Å². The highest BCUT2D eigenvalue weighted by atomic mass is 32.1. The molecule has 4 nitrogen and oxygen atoms in total. The summed E-state index contributed by atoms with van der Waals surface area (Å²) in [6.45, 7) is 0. The monoisotopic (exact) mass is 342 g/mol. The second-order valence-corrected chi connectivity index (χ2v) is 7.03. The number of nitrogens with zero attached hydrogens (tertiary/aromatic N) is 1. The fraction of sp³-hybridized carbons (Fsp3) is 0.368. The topological polar surface area (TPSA) is 62.2 Å². The Morgan fingerprint density at radius 3 is 2.83 bits per heavy atom. The van der Waals surface area contributed by atoms with E-state index in [-0.39, 0.29) is 17.9 Å². The van der Waals surface area contributed by atoms with Crippen LogP contribution in [0.3, 0.4) is 0 Å². The van der Waals surface area contributed by atoms with E-state index < -0.39 is 6.10 Å². The van der Waals surface area contributed by atoms with Crippen molar-refractivity contribution in [3.63, 3.8) is 0 Å². The third-order valence-corrected chi connectivity index (χ3v) is 5.20. The van der Waals surface area contributed by atoms with Crippen LogP contribution in [-0.2, 0) is 11.2 Å². The molecule has 24 heavy (non-hydrogen) atoms. The number of nitrogens with one attached hydrogen (secondary N) is 1. The molecule has 1 heterocycles. The van der Waals surface area contributed by atoms with Gasteiger partial charge in [-0.3, -0.25) is 4.79 Å². The first kappa shape index (κ1) is 16.9. The van der Waals surface area contributed by atoms with Gasteiger partial charge in [0, 0.05) is 17.5 Å². The molecule has 1 aliphatic rings. The van der Waals surface area contributed by atoms with E-state index in [2.05, 4.69) is 22.5 Å². The standard InChI is InChI=1S/C19H22N2O2S/c22-17(19-20-11-12-24-19)16(13-14-7-3-1-4-8-14)21-18(23)15-9-5-2-6-10-15/h1-5,7-8,11-12,15-17,22H,6,9-10,13H2,(H,21,23)/t15-,16+,17+/m0/s1. The first-order valence-corrected chi connectivity index (χ1v) is 9.19. The van der Waals surface area contributed by atoms with E-state index in [0.717, 1.165) is 24.8 Å². The number of aliphatic hydroxyl groups is 1. The molecule has 3 rings (SSSR count). The summed E-state index contributed by atoms with van der Waals surface area (Å²) in [5.74, 6) is 0.0210. The smallest absolute Gasteiger partial charge is 0.223 e. The van der Waals surface area contributed by atoms with Gasteiger partial charge in [-0.2, -0.15) is 0 Å². The van der Waals surface area contributed by atoms with Crippen LogP contribution < -0.4 is 5.32 Å². The van der Waals surface area contributed by atoms with Crippen molar-refractivity contribution in [2.24, 2.45) is 5.92 Å². The molecule has 0 spiro atoms. The van der Waals surface area contributed by atoms with Crippen molar-refractivity contribution < 1.29 is 9.90 Å². The summed E-state index contributed by atoms with van der Waals surface area (Å²) in [6, 6.07) is 9.54. The van der Waals surface area contributed by atoms with Crippen LogP contribution in [0.15, 0.2) is 54.1 Å². The Labute approximate surface area is 146 Å². The fourth-order valence-electron chi connectivity index (χ4n) is 2.99. The third kappa shape index (κ3) is 4.30. The van der Waals surface area contributed by atoms with Gasteiger partial charge in [-0.25, -0.2) is 4.98 Å². The summed E-state index contributed by atoms with van der Waals surface area (Å²) in [5.41, 5.74) is 1.09. The SMILES string of the molecule is O=C(N[C@H](Cc1ccccc1)[C@@H](O)c1nccs1)[C@H]1CC=CCC1. The van der Waals surface area contributed by atoms with Crippen LogP contribution in [0.1, 0.15) is 35.9 Å². The lowest BCUT2D eigenvalue weighted by Gasteiger charge is -2.26. The van der Waals surface area contributed by atoms with E-state index in [1.807, 2.05) is 35.7 Å². The molecule has 1 amide bonds. The maximum absolute atomic E-state index is 12.6. The fourth-order valence-corrected chi connectivity index (χ4v) is 3.68. The highest BCUT2D eigenvalue weighted by Crippen LogP contribution is 2.24. The van der Waals surface area contributed by atoms with E-state index >= 15 is 0 Å². The lowest BCUT2D eigenvalue weighted by atomic mass is 9.92. The first-order chi connectivity index (χ1) is 11.7. The van der Waals surface area contributed by atoms with Gasteiger partial charge in [-0.15, -0.1) is 11.3 Å². The van der Waals surface area contributed by atoms with Gasteiger partial charge in [0.1, 0.15) is 11.1 Å². The molecule has 0 bridgehead atoms. The first-order valence-electron chi connectivity index (χ1n) is 8.31. The maximum atomic E-state index is 12.6. The Morgan fingerprint density at radius 2 is 2.17 bits per heavy atom. The average Bonchev–Trinajstić information content (AvgIpc) is 3.17. The lowest BCUT2D eigenvalue weighted by molar-refractivity contribution is -0.126. The summed E-state index contributed by atoms with van der Waals surface area (Å²) in [4.78, 5) is 16.8. The molecule has 0 fully saturated rings. The molecule has 0 saturated carbocycles. The van der Waals surface area contributed by atoms with Crippen LogP contribution >= 0.6 is 11.3 Å². The summed E-state index contributed by atoms with van der Waals surface area (Å²) >= 11 is 1.41. The predicted octanol–water partition coefficient (Wildman–Crippen LogP) is 3.26. The van der Waals surface area contributed by atoms with Crippen LogP contribution in [0.2, 0.25) is 0 Å². The van der Waals surface area contributed by atoms with Crippen molar-refractivity contribution >= 4 is 17.2 Å². The second-order valence-electron chi connectivity index (χ2n) is 6.10. The molecule has 0 saturated heterocycles. The van der Waals surface area contributed by atoms with Gasteiger partial charge in [0.15, 0.2) is 0 Å². The average molecular weight is 342 g/mol. The zero-order valence-corrected chi connectivity index (χ0v) is 14.3. The Balaban J connectivity index is 1.73. The summed E-state index contributed by atoms with van der Waals surface area (Å²) in [7, 11) is 0. The maximum Gasteiger partial charge on any atom is 0.223 e. The van der Waals surface area contributed by atoms with E-state index in [1.54, 1.807) is 6.20 Å². The lowest BCUT2D eigenvalue weighted by Crippen LogP contribution is -2.44. The number of hydrogen-bond donors (Lipinski definition) is 2. The number of carbonyl (C=O) groups excluding carboxylic acids is 1. The number of aromatic nitrogens is 1. The quantitative estimate of drug-likeness (QED) is 0.792. The molecule has 3 atom stereocenters. The summed E-state index contributed by atoms with van der Waals surface area (Å²) in [5, 5.41) is 16.2. The Hall–Kier alpha value is -1.98. The highest BCUT2D eigenvalue weighted by Gasteiger charge is 2.28. The number of benzene rings is 1. The molecule has 1 aliphatic carbocycles. The van der Waals surface area contributed by atoms with Gasteiger partial charge >= 0.3 is 0 Å². The van der Waals surface area contributed by atoms with Crippen molar-refractivity contribution in [2.75, 3.05) is 0 Å². The van der Waals surface area contributed by atoms with E-state index in [0.29, 0.717) is 11.4 Å². The second kappa shape index (κ2) is 8.22. The molecule has 0 aliphatic heterocycles. The van der Waals surface area contributed by atoms with Crippen molar-refractivity contribution in [3.05, 3.63) is 64.6 Å². The number of thiazole rings is 1. The molecule has 126 valence electrons. The molecule has 5 heteroatoms. The van der Waals surface area contributed by atoms with E-state index in [4.69, 9.17) is 0 Å². The van der Waals surface area contributed by atoms with Crippen LogP contribution in [0.5, 0.6) is 0 Å². The summed E-state index contributed by atoms with van der Waals surface area (Å²) < 4.78 is 0. The third-order valence-electron chi connectivity index (χ3n) is 4.35. The Morgan fingerprint density at radius 1 is 1.33 bits per heavy atom. The number of amides is 1. The van der Waals surface area contributed by atoms with Crippen LogP contribution in [-0.4, -0.2) is 22.0 Å². The van der Waals surface area contributed by atoms with E-state index in [1.165, 1.54) is 11.3 Å². The van der Waals surface area contributed by atoms with Gasteiger partial charge < -0.3 is 10.4 Å². The Kier molecular flexibility index (Phi) is 5.77. The van der Waals surface area contributed by atoms with Crippen LogP contribution in [0, 0.1) is 5.92 Å². The molecular formula is C19H22N2O2S. The van der Waals surface area contributed by atoms with Gasteiger partial charge in [0.2, 0.25) is 5.91 Å². The van der Waals surface area contributed by atoms with Crippen molar-refractivity contribution in [3.8, 4) is 0 Å². The van der Waals surface area contributed by atoms with Gasteiger partial charge in [-0.05, 0) is 31.2 Å². The highest BCUT2D eigenvalue weighted by molar-refractivity contribution is 7.09. The molecule has 0 unspecified atom stereocenters. The normalized spacial score (nSPS) is 19.6. The number of allylic oxidation sites excluding steroid dienone is 2. The van der Waals surface area contributed by atoms with Gasteiger partial charge in [0.05, 0.1) is 6.04 Å². The van der Waals surface area contributed by atoms with Crippen molar-refractivity contribution in [1.29, 1.82) is 0 Å². The zero-order chi connectivity index (χ0) is 16.8. The molecule has 0 radical (unpaired) electrons. The van der Waals surface area contributed by atoms with Crippen LogP contribution in [0.4, 0.5) is 0 Å². The molecule has 2 aromatic rings. The van der Waals surface area contributed by atoms with E-state index in [9.17, 15) is 9.90 Å². The minimum atomic E-state index is -0.798. The number of carbonyl (C=O) groups is 1. The van der Waals surface area contributed by atoms with Crippen LogP contribution in [0.25, 0.3) is 0 Å². The number of aliphatic hydroxyl groups excluding tert-OH is 1. The number of hydrogen-bond acceptors (Lipinski definition) is 4. The number of rotatable bonds is 6. The van der Waals surface area contributed by atoms with Gasteiger partial charge in [0.25, 0.3) is 0 Å². The molecular weight excluding hydrogens is 320 g/mol. The molecule has 1 aromatic heterocycles. The molecule has 1 aromatic carbocycles. The zero-order valence-electron chi connectivity index (χ0n) is 13.5. The predicted molar refractivity (Wildman–Crippen MR) is 95.6 cm³/mol. The minimum absolute atomic E-state index is 0.00299. The minimum Gasteiger partial charge on any atom is -0.384 e. The van der Waals surface area contributed by atoms with Crippen molar-refractivity contribution in [1.82, 2.24) is 10.3 Å². The largest absolute Gasteiger partial charge is 0.384 e. The van der Waals surface area contributed by atoms with Gasteiger partial charge in [-0.1, -0.05) is 42.5 Å². The summed E-state index contributed by atoms with van der Waals surface area (Å²) in [6.07, 6.45) is 8.23. The Bertz CT molecular complexity index is 670. The molecule has 2 N–H and O–H groups in total.